The van der Waals surface area contributed by atoms with Crippen molar-refractivity contribution in [3.8, 4) is 11.5 Å². The predicted octanol–water partition coefficient (Wildman–Crippen LogP) is 2.50. The standard InChI is InChI=1S/C14H12N2O5S/c17-13(18)12-9(3-4-22-12)16-14(19)15-6-8-1-2-10-11(5-8)21-7-20-10/h1-5H,6-7H2,(H,17,18)(H2,15,16,19). The van der Waals surface area contributed by atoms with E-state index in [2.05, 4.69) is 10.6 Å². The molecule has 0 radical (unpaired) electrons. The number of nitrogens with one attached hydrogen (secondary N) is 2. The van der Waals surface area contributed by atoms with Gasteiger partial charge in [-0.1, -0.05) is 6.07 Å². The number of hydrogen-bond donors (Lipinski definition) is 3. The van der Waals surface area contributed by atoms with Crippen molar-refractivity contribution in [1.82, 2.24) is 5.32 Å². The van der Waals surface area contributed by atoms with Crippen LogP contribution in [0.1, 0.15) is 15.2 Å². The lowest BCUT2D eigenvalue weighted by Crippen LogP contribution is -2.28. The second kappa shape index (κ2) is 5.94. The average molecular weight is 320 g/mol. The lowest BCUT2D eigenvalue weighted by molar-refractivity contribution is 0.0703. The molecule has 0 atom stereocenters. The van der Waals surface area contributed by atoms with Crippen molar-refractivity contribution < 1.29 is 24.2 Å². The third kappa shape index (κ3) is 2.96. The van der Waals surface area contributed by atoms with Crippen molar-refractivity contribution in [1.29, 1.82) is 0 Å². The van der Waals surface area contributed by atoms with E-state index in [1.165, 1.54) is 0 Å². The minimum atomic E-state index is -1.07. The number of aromatic carboxylic acids is 1. The van der Waals surface area contributed by atoms with Gasteiger partial charge >= 0.3 is 12.0 Å². The SMILES string of the molecule is O=C(NCc1ccc2c(c1)OCO2)Nc1ccsc1C(=O)O. The molecule has 2 amide bonds. The molecule has 0 spiro atoms. The van der Waals surface area contributed by atoms with E-state index in [4.69, 9.17) is 14.6 Å². The molecule has 1 aromatic carbocycles. The minimum Gasteiger partial charge on any atom is -0.477 e. The molecule has 0 saturated carbocycles. The van der Waals surface area contributed by atoms with E-state index in [1.54, 1.807) is 23.6 Å². The van der Waals surface area contributed by atoms with Crippen LogP contribution in [0.4, 0.5) is 10.5 Å². The van der Waals surface area contributed by atoms with Gasteiger partial charge < -0.3 is 25.2 Å². The van der Waals surface area contributed by atoms with E-state index in [-0.39, 0.29) is 23.9 Å². The normalized spacial score (nSPS) is 12.0. The number of benzene rings is 1. The van der Waals surface area contributed by atoms with E-state index < -0.39 is 12.0 Å². The minimum absolute atomic E-state index is 0.0956. The van der Waals surface area contributed by atoms with E-state index in [9.17, 15) is 9.59 Å². The van der Waals surface area contributed by atoms with Crippen LogP contribution in [-0.2, 0) is 6.54 Å². The summed E-state index contributed by atoms with van der Waals surface area (Å²) in [6, 6.07) is 6.46. The molecule has 1 aliphatic rings. The van der Waals surface area contributed by atoms with Crippen LogP contribution < -0.4 is 20.1 Å². The summed E-state index contributed by atoms with van der Waals surface area (Å²) in [6.07, 6.45) is 0. The van der Waals surface area contributed by atoms with Crippen LogP contribution in [0.25, 0.3) is 0 Å². The van der Waals surface area contributed by atoms with Crippen LogP contribution in [-0.4, -0.2) is 23.9 Å². The number of carbonyl (C=O) groups is 2. The molecule has 7 nitrogen and oxygen atoms in total. The summed E-state index contributed by atoms with van der Waals surface area (Å²) >= 11 is 1.06. The molecule has 2 heterocycles. The number of carboxylic acid groups (broad SMARTS) is 1. The Labute approximate surface area is 129 Å². The maximum Gasteiger partial charge on any atom is 0.348 e. The van der Waals surface area contributed by atoms with E-state index in [0.29, 0.717) is 11.5 Å². The van der Waals surface area contributed by atoms with Crippen molar-refractivity contribution in [3.63, 3.8) is 0 Å². The first-order valence-electron chi connectivity index (χ1n) is 6.37. The number of carbonyl (C=O) groups excluding carboxylic acids is 1. The first-order valence-corrected chi connectivity index (χ1v) is 7.25. The molecule has 0 fully saturated rings. The molecule has 0 bridgehead atoms. The lowest BCUT2D eigenvalue weighted by Gasteiger charge is -2.08. The molecule has 0 unspecified atom stereocenters. The Kier molecular flexibility index (Phi) is 3.84. The lowest BCUT2D eigenvalue weighted by atomic mass is 10.2. The van der Waals surface area contributed by atoms with Gasteiger partial charge in [0.15, 0.2) is 11.5 Å². The molecule has 0 saturated heterocycles. The van der Waals surface area contributed by atoms with Crippen LogP contribution in [0.15, 0.2) is 29.6 Å². The first kappa shape index (κ1) is 14.2. The number of thiophene rings is 1. The van der Waals surface area contributed by atoms with Gasteiger partial charge in [0.25, 0.3) is 0 Å². The number of amides is 2. The van der Waals surface area contributed by atoms with Crippen molar-refractivity contribution in [2.45, 2.75) is 6.54 Å². The maximum absolute atomic E-state index is 11.8. The Morgan fingerprint density at radius 3 is 2.86 bits per heavy atom. The molecule has 3 rings (SSSR count). The number of carboxylic acids is 1. The third-order valence-corrected chi connectivity index (χ3v) is 3.90. The van der Waals surface area contributed by atoms with E-state index in [1.807, 2.05) is 6.07 Å². The zero-order valence-corrected chi connectivity index (χ0v) is 12.1. The molecule has 22 heavy (non-hydrogen) atoms. The summed E-state index contributed by atoms with van der Waals surface area (Å²) in [6.45, 7) is 0.484. The second-order valence-corrected chi connectivity index (χ2v) is 5.38. The predicted molar refractivity (Wildman–Crippen MR) is 79.7 cm³/mol. The molecule has 1 aromatic heterocycles. The van der Waals surface area contributed by atoms with Gasteiger partial charge in [0.2, 0.25) is 6.79 Å². The fraction of sp³-hybridized carbons (Fsp3) is 0.143. The molecular formula is C14H12N2O5S. The van der Waals surface area contributed by atoms with Gasteiger partial charge in [-0.3, -0.25) is 0 Å². The molecule has 8 heteroatoms. The van der Waals surface area contributed by atoms with Crippen LogP contribution in [0.3, 0.4) is 0 Å². The summed E-state index contributed by atoms with van der Waals surface area (Å²) in [5.74, 6) is 0.254. The molecular weight excluding hydrogens is 308 g/mol. The monoisotopic (exact) mass is 320 g/mol. The highest BCUT2D eigenvalue weighted by atomic mass is 32.1. The molecule has 1 aliphatic heterocycles. The Morgan fingerprint density at radius 2 is 2.05 bits per heavy atom. The topological polar surface area (TPSA) is 96.9 Å². The number of urea groups is 1. The highest BCUT2D eigenvalue weighted by Gasteiger charge is 2.15. The fourth-order valence-corrected chi connectivity index (χ4v) is 2.66. The van der Waals surface area contributed by atoms with Crippen molar-refractivity contribution in [2.75, 3.05) is 12.1 Å². The largest absolute Gasteiger partial charge is 0.477 e. The average Bonchev–Trinajstić information content (AvgIpc) is 3.13. The molecule has 2 aromatic rings. The summed E-state index contributed by atoms with van der Waals surface area (Å²) < 4.78 is 10.5. The number of rotatable bonds is 4. The molecule has 114 valence electrons. The summed E-state index contributed by atoms with van der Waals surface area (Å²) in [5, 5.41) is 15.8. The number of fused-ring (bicyclic) bond motifs is 1. The van der Waals surface area contributed by atoms with Crippen LogP contribution in [0.2, 0.25) is 0 Å². The van der Waals surface area contributed by atoms with Crippen molar-refractivity contribution in [2.24, 2.45) is 0 Å². The Hall–Kier alpha value is -2.74. The summed E-state index contributed by atoms with van der Waals surface area (Å²) in [5.41, 5.74) is 1.13. The molecule has 0 aliphatic carbocycles. The summed E-state index contributed by atoms with van der Waals surface area (Å²) in [4.78, 5) is 22.9. The Bertz CT molecular complexity index is 728. The van der Waals surface area contributed by atoms with Gasteiger partial charge in [-0.2, -0.15) is 0 Å². The number of ether oxygens (including phenoxy) is 2. The first-order chi connectivity index (χ1) is 10.6. The quantitative estimate of drug-likeness (QED) is 0.804. The van der Waals surface area contributed by atoms with Gasteiger partial charge in [0.1, 0.15) is 4.88 Å². The Balaban J connectivity index is 1.58. The van der Waals surface area contributed by atoms with E-state index in [0.717, 1.165) is 16.9 Å². The smallest absolute Gasteiger partial charge is 0.348 e. The number of anilines is 1. The summed E-state index contributed by atoms with van der Waals surface area (Å²) in [7, 11) is 0. The number of hydrogen-bond acceptors (Lipinski definition) is 5. The second-order valence-electron chi connectivity index (χ2n) is 4.46. The Morgan fingerprint density at radius 1 is 1.23 bits per heavy atom. The zero-order chi connectivity index (χ0) is 15.5. The highest BCUT2D eigenvalue weighted by Crippen LogP contribution is 2.32. The van der Waals surface area contributed by atoms with Gasteiger partial charge in [-0.05, 0) is 29.1 Å². The zero-order valence-electron chi connectivity index (χ0n) is 11.3. The molecule has 3 N–H and O–H groups in total. The van der Waals surface area contributed by atoms with Gasteiger partial charge in [-0.25, -0.2) is 9.59 Å². The van der Waals surface area contributed by atoms with Crippen molar-refractivity contribution >= 4 is 29.0 Å². The van der Waals surface area contributed by atoms with Crippen molar-refractivity contribution in [3.05, 3.63) is 40.1 Å². The fourth-order valence-electron chi connectivity index (χ4n) is 1.97. The maximum atomic E-state index is 11.8. The van der Waals surface area contributed by atoms with Crippen LogP contribution in [0, 0.1) is 0 Å². The van der Waals surface area contributed by atoms with E-state index >= 15 is 0 Å². The van der Waals surface area contributed by atoms with Crippen LogP contribution >= 0.6 is 11.3 Å². The third-order valence-electron chi connectivity index (χ3n) is 3.00. The van der Waals surface area contributed by atoms with Crippen LogP contribution in [0.5, 0.6) is 11.5 Å². The highest BCUT2D eigenvalue weighted by molar-refractivity contribution is 7.12. The van der Waals surface area contributed by atoms with Gasteiger partial charge in [0.05, 0.1) is 5.69 Å². The van der Waals surface area contributed by atoms with Gasteiger partial charge in [-0.15, -0.1) is 11.3 Å². The van der Waals surface area contributed by atoms with Gasteiger partial charge in [0, 0.05) is 6.54 Å².